The van der Waals surface area contributed by atoms with E-state index < -0.39 is 0 Å². The molecule has 2 aliphatic rings. The van der Waals surface area contributed by atoms with Crippen LogP contribution < -0.4 is 0 Å². The second kappa shape index (κ2) is 7.32. The molecule has 0 heterocycles. The molecule has 4 heteroatoms. The molecule has 134 valence electrons. The van der Waals surface area contributed by atoms with Crippen LogP contribution in [0.15, 0.2) is 60.7 Å². The Morgan fingerprint density at radius 1 is 0.692 bits per heavy atom. The molecule has 0 N–H and O–H groups in total. The largest absolute Gasteiger partial charge is 0.455 e. The summed E-state index contributed by atoms with van der Waals surface area (Å²) in [5, 5.41) is 0. The number of hydrogen-bond donors (Lipinski definition) is 0. The van der Waals surface area contributed by atoms with Gasteiger partial charge in [-0.05, 0) is 43.5 Å². The lowest BCUT2D eigenvalue weighted by molar-refractivity contribution is -0.0413. The molecule has 2 aromatic carbocycles. The summed E-state index contributed by atoms with van der Waals surface area (Å²) in [6.07, 6.45) is 3.37. The number of fused-ring (bicyclic) bond motifs is 2. The molecule has 2 bridgehead atoms. The van der Waals surface area contributed by atoms with Crippen LogP contribution in [0.1, 0.15) is 46.4 Å². The third-order valence-electron chi connectivity index (χ3n) is 5.51. The Balaban J connectivity index is 1.51. The summed E-state index contributed by atoms with van der Waals surface area (Å²) in [7, 11) is 0. The van der Waals surface area contributed by atoms with E-state index in [-0.39, 0.29) is 36.0 Å². The lowest BCUT2D eigenvalue weighted by Gasteiger charge is -2.25. The van der Waals surface area contributed by atoms with E-state index in [1.807, 2.05) is 36.4 Å². The van der Waals surface area contributed by atoms with Crippen molar-refractivity contribution in [1.82, 2.24) is 0 Å². The van der Waals surface area contributed by atoms with Crippen LogP contribution in [-0.4, -0.2) is 24.1 Å². The molecule has 4 nitrogen and oxygen atoms in total. The van der Waals surface area contributed by atoms with Gasteiger partial charge in [0.25, 0.3) is 0 Å². The first-order valence-corrected chi connectivity index (χ1v) is 9.24. The second-order valence-electron chi connectivity index (χ2n) is 7.16. The molecule has 4 atom stereocenters. The minimum Gasteiger partial charge on any atom is -0.455 e. The lowest BCUT2D eigenvalue weighted by atomic mass is 9.89. The molecule has 0 saturated heterocycles. The maximum Gasteiger partial charge on any atom is 0.338 e. The van der Waals surface area contributed by atoms with Crippen LogP contribution in [0.4, 0.5) is 0 Å². The third-order valence-corrected chi connectivity index (χ3v) is 5.51. The van der Waals surface area contributed by atoms with E-state index in [2.05, 4.69) is 0 Å². The van der Waals surface area contributed by atoms with E-state index in [9.17, 15) is 9.59 Å². The number of benzene rings is 2. The van der Waals surface area contributed by atoms with E-state index in [0.29, 0.717) is 11.1 Å². The van der Waals surface area contributed by atoms with E-state index in [0.717, 1.165) is 25.7 Å². The Kier molecular flexibility index (Phi) is 4.74. The standard InChI is InChI=1S/C22H22O4/c23-21(15-8-3-1-4-9-15)25-19-17-12-7-13-18(14-17)20(19)26-22(24)16-10-5-2-6-11-16/h1-6,8-11,17-20H,7,12-14H2. The van der Waals surface area contributed by atoms with Gasteiger partial charge in [0.1, 0.15) is 12.2 Å². The fraction of sp³-hybridized carbons (Fsp3) is 0.364. The highest BCUT2D eigenvalue weighted by molar-refractivity contribution is 5.90. The summed E-state index contributed by atoms with van der Waals surface area (Å²) in [5.74, 6) is -0.141. The van der Waals surface area contributed by atoms with Crippen LogP contribution in [0, 0.1) is 11.8 Å². The minimum absolute atomic E-state index is 0.273. The van der Waals surface area contributed by atoms with Crippen LogP contribution in [0.25, 0.3) is 0 Å². The summed E-state index contributed by atoms with van der Waals surface area (Å²) in [4.78, 5) is 25.1. The van der Waals surface area contributed by atoms with Crippen LogP contribution in [0.3, 0.4) is 0 Å². The summed E-state index contributed by atoms with van der Waals surface area (Å²) < 4.78 is 11.7. The number of carbonyl (C=O) groups is 2. The number of hydrogen-bond acceptors (Lipinski definition) is 4. The molecule has 0 aliphatic heterocycles. The minimum atomic E-state index is -0.358. The van der Waals surface area contributed by atoms with Crippen molar-refractivity contribution in [1.29, 1.82) is 0 Å². The zero-order valence-corrected chi connectivity index (χ0v) is 14.5. The van der Waals surface area contributed by atoms with Gasteiger partial charge in [-0.25, -0.2) is 9.59 Å². The van der Waals surface area contributed by atoms with Crippen LogP contribution >= 0.6 is 0 Å². The molecular weight excluding hydrogens is 328 g/mol. The first kappa shape index (κ1) is 16.8. The van der Waals surface area contributed by atoms with Crippen molar-refractivity contribution in [2.24, 2.45) is 11.8 Å². The molecule has 0 aromatic heterocycles. The normalized spacial score (nSPS) is 26.9. The average Bonchev–Trinajstić information content (AvgIpc) is 2.92. The monoisotopic (exact) mass is 350 g/mol. The second-order valence-corrected chi connectivity index (χ2v) is 7.16. The fourth-order valence-electron chi connectivity index (χ4n) is 4.26. The van der Waals surface area contributed by atoms with Gasteiger partial charge in [-0.15, -0.1) is 0 Å². The summed E-state index contributed by atoms with van der Waals surface area (Å²) in [5.41, 5.74) is 1.06. The number of ether oxygens (including phenoxy) is 2. The predicted octanol–water partition coefficient (Wildman–Crippen LogP) is 4.26. The van der Waals surface area contributed by atoms with Gasteiger partial charge in [-0.1, -0.05) is 42.8 Å². The average molecular weight is 350 g/mol. The Morgan fingerprint density at radius 2 is 1.12 bits per heavy atom. The quantitative estimate of drug-likeness (QED) is 0.773. The Hall–Kier alpha value is -2.62. The van der Waals surface area contributed by atoms with Gasteiger partial charge in [0.05, 0.1) is 11.1 Å². The van der Waals surface area contributed by atoms with E-state index in [1.165, 1.54) is 0 Å². The molecule has 26 heavy (non-hydrogen) atoms. The molecule has 4 unspecified atom stereocenters. The molecule has 2 aliphatic carbocycles. The van der Waals surface area contributed by atoms with Crippen molar-refractivity contribution in [2.45, 2.75) is 37.9 Å². The van der Waals surface area contributed by atoms with Crippen molar-refractivity contribution in [3.63, 3.8) is 0 Å². The number of esters is 2. The maximum atomic E-state index is 12.5. The first-order chi connectivity index (χ1) is 12.7. The highest BCUT2D eigenvalue weighted by Crippen LogP contribution is 2.45. The van der Waals surface area contributed by atoms with Gasteiger partial charge in [0, 0.05) is 11.8 Å². The Morgan fingerprint density at radius 3 is 1.54 bits per heavy atom. The zero-order valence-electron chi connectivity index (χ0n) is 14.5. The Bertz CT molecular complexity index is 706. The SMILES string of the molecule is O=C(OC1C2CCCC(C2)C1OC(=O)c1ccccc1)c1ccccc1. The lowest BCUT2D eigenvalue weighted by Crippen LogP contribution is -2.36. The van der Waals surface area contributed by atoms with Gasteiger partial charge in [0.2, 0.25) is 0 Å². The fourth-order valence-corrected chi connectivity index (χ4v) is 4.26. The van der Waals surface area contributed by atoms with E-state index in [4.69, 9.17) is 9.47 Å². The zero-order chi connectivity index (χ0) is 17.9. The van der Waals surface area contributed by atoms with E-state index >= 15 is 0 Å². The smallest absolute Gasteiger partial charge is 0.338 e. The molecular formula is C22H22O4. The third kappa shape index (κ3) is 3.36. The summed E-state index contributed by atoms with van der Waals surface area (Å²) in [6.45, 7) is 0. The van der Waals surface area contributed by atoms with Crippen LogP contribution in [-0.2, 0) is 9.47 Å². The number of carbonyl (C=O) groups excluding carboxylic acids is 2. The summed E-state index contributed by atoms with van der Waals surface area (Å²) >= 11 is 0. The molecule has 2 aromatic rings. The van der Waals surface area contributed by atoms with Gasteiger partial charge >= 0.3 is 11.9 Å². The Labute approximate surface area is 153 Å². The first-order valence-electron chi connectivity index (χ1n) is 9.24. The molecule has 2 fully saturated rings. The predicted molar refractivity (Wildman–Crippen MR) is 96.7 cm³/mol. The maximum absolute atomic E-state index is 12.5. The van der Waals surface area contributed by atoms with Crippen molar-refractivity contribution in [2.75, 3.05) is 0 Å². The van der Waals surface area contributed by atoms with Crippen molar-refractivity contribution < 1.29 is 19.1 Å². The molecule has 0 radical (unpaired) electrons. The van der Waals surface area contributed by atoms with E-state index in [1.54, 1.807) is 24.3 Å². The highest BCUT2D eigenvalue weighted by atomic mass is 16.6. The van der Waals surface area contributed by atoms with Crippen LogP contribution in [0.5, 0.6) is 0 Å². The number of rotatable bonds is 4. The molecule has 2 saturated carbocycles. The topological polar surface area (TPSA) is 52.6 Å². The van der Waals surface area contributed by atoms with Gasteiger partial charge in [-0.2, -0.15) is 0 Å². The van der Waals surface area contributed by atoms with Crippen molar-refractivity contribution >= 4 is 11.9 Å². The van der Waals surface area contributed by atoms with Crippen molar-refractivity contribution in [3.8, 4) is 0 Å². The van der Waals surface area contributed by atoms with Crippen LogP contribution in [0.2, 0.25) is 0 Å². The molecule has 0 amide bonds. The van der Waals surface area contributed by atoms with Gasteiger partial charge in [-0.3, -0.25) is 0 Å². The molecule has 4 rings (SSSR count). The van der Waals surface area contributed by atoms with Gasteiger partial charge in [0.15, 0.2) is 0 Å². The molecule has 0 spiro atoms. The van der Waals surface area contributed by atoms with Gasteiger partial charge < -0.3 is 9.47 Å². The highest BCUT2D eigenvalue weighted by Gasteiger charge is 2.49. The summed E-state index contributed by atoms with van der Waals surface area (Å²) in [6, 6.07) is 18.0. The van der Waals surface area contributed by atoms with Crippen molar-refractivity contribution in [3.05, 3.63) is 71.8 Å².